The van der Waals surface area contributed by atoms with E-state index in [-0.39, 0.29) is 11.8 Å². The molecule has 0 atom stereocenters. The Morgan fingerprint density at radius 2 is 1.82 bits per heavy atom. The molecule has 0 aliphatic heterocycles. The van der Waals surface area contributed by atoms with Crippen molar-refractivity contribution in [2.75, 3.05) is 13.2 Å². The van der Waals surface area contributed by atoms with Crippen LogP contribution in [0.2, 0.25) is 0 Å². The molecular formula is C14H14F3NO4. The lowest BCUT2D eigenvalue weighted by atomic mass is 10.2. The topological polar surface area (TPSA) is 66.8 Å². The minimum atomic E-state index is -4.43. The molecular weight excluding hydrogens is 303 g/mol. The van der Waals surface area contributed by atoms with E-state index in [4.69, 9.17) is 9.84 Å². The third-order valence-corrected chi connectivity index (χ3v) is 3.16. The average molecular weight is 317 g/mol. The van der Waals surface area contributed by atoms with E-state index in [1.54, 1.807) is 0 Å². The number of aliphatic carboxylic acids is 1. The minimum absolute atomic E-state index is 0.0835. The van der Waals surface area contributed by atoms with E-state index in [2.05, 4.69) is 0 Å². The Morgan fingerprint density at radius 1 is 1.23 bits per heavy atom. The van der Waals surface area contributed by atoms with Crippen LogP contribution in [0.4, 0.5) is 13.2 Å². The number of halogens is 3. The lowest BCUT2D eigenvalue weighted by Gasteiger charge is -2.20. The number of carboxylic acids is 1. The first kappa shape index (κ1) is 16.1. The van der Waals surface area contributed by atoms with Crippen molar-refractivity contribution in [3.05, 3.63) is 29.8 Å². The van der Waals surface area contributed by atoms with E-state index in [9.17, 15) is 22.8 Å². The molecule has 1 fully saturated rings. The Balaban J connectivity index is 1.91. The summed E-state index contributed by atoms with van der Waals surface area (Å²) in [4.78, 5) is 23.8. The van der Waals surface area contributed by atoms with E-state index >= 15 is 0 Å². The molecule has 0 radical (unpaired) electrons. The van der Waals surface area contributed by atoms with Gasteiger partial charge in [0.25, 0.3) is 5.91 Å². The number of benzene rings is 1. The molecule has 1 N–H and O–H groups in total. The van der Waals surface area contributed by atoms with E-state index in [1.165, 1.54) is 4.90 Å². The number of alkyl halides is 3. The van der Waals surface area contributed by atoms with Crippen LogP contribution < -0.4 is 4.74 Å². The predicted molar refractivity (Wildman–Crippen MR) is 69.3 cm³/mol. The van der Waals surface area contributed by atoms with Gasteiger partial charge in [-0.1, -0.05) is 0 Å². The Morgan fingerprint density at radius 3 is 2.27 bits per heavy atom. The van der Waals surface area contributed by atoms with Gasteiger partial charge in [0.15, 0.2) is 6.61 Å². The van der Waals surface area contributed by atoms with E-state index in [1.807, 2.05) is 0 Å². The van der Waals surface area contributed by atoms with Crippen LogP contribution in [-0.4, -0.2) is 41.1 Å². The molecule has 1 aromatic rings. The van der Waals surface area contributed by atoms with Crippen molar-refractivity contribution in [2.45, 2.75) is 25.1 Å². The molecule has 0 saturated heterocycles. The smallest absolute Gasteiger partial charge is 0.416 e. The summed E-state index contributed by atoms with van der Waals surface area (Å²) in [5, 5.41) is 8.76. The van der Waals surface area contributed by atoms with Crippen LogP contribution in [0.5, 0.6) is 5.75 Å². The number of carbonyl (C=O) groups is 2. The second-order valence-electron chi connectivity index (χ2n) is 4.96. The first-order valence-electron chi connectivity index (χ1n) is 6.58. The summed E-state index contributed by atoms with van der Waals surface area (Å²) in [5.74, 6) is -1.49. The summed E-state index contributed by atoms with van der Waals surface area (Å²) in [7, 11) is 0. The van der Waals surface area contributed by atoms with Crippen LogP contribution in [0.1, 0.15) is 18.4 Å². The molecule has 1 saturated carbocycles. The summed E-state index contributed by atoms with van der Waals surface area (Å²) in [6, 6.07) is 3.87. The van der Waals surface area contributed by atoms with Gasteiger partial charge >= 0.3 is 12.1 Å². The molecule has 1 aromatic carbocycles. The zero-order valence-electron chi connectivity index (χ0n) is 11.5. The van der Waals surface area contributed by atoms with Gasteiger partial charge in [-0.25, -0.2) is 0 Å². The molecule has 5 nitrogen and oxygen atoms in total. The fourth-order valence-corrected chi connectivity index (χ4v) is 1.92. The number of carboxylic acid groups (broad SMARTS) is 1. The Kier molecular flexibility index (Phi) is 4.58. The lowest BCUT2D eigenvalue weighted by Crippen LogP contribution is -2.40. The third-order valence-electron chi connectivity index (χ3n) is 3.16. The van der Waals surface area contributed by atoms with Crippen molar-refractivity contribution in [3.8, 4) is 5.75 Å². The molecule has 1 aliphatic carbocycles. The first-order valence-corrected chi connectivity index (χ1v) is 6.58. The predicted octanol–water partition coefficient (Wildman–Crippen LogP) is 2.16. The Bertz CT molecular complexity index is 552. The van der Waals surface area contributed by atoms with Gasteiger partial charge in [0.05, 0.1) is 5.56 Å². The Hall–Kier alpha value is -2.25. The standard InChI is InChI=1S/C14H14F3NO4/c15-14(16,17)9-1-5-11(6-2-9)22-8-12(19)18(7-13(20)21)10-3-4-10/h1-2,5-6,10H,3-4,7-8H2,(H,20,21). The molecule has 8 heteroatoms. The van der Waals surface area contributed by atoms with Gasteiger partial charge in [-0.15, -0.1) is 0 Å². The molecule has 0 heterocycles. The molecule has 0 spiro atoms. The van der Waals surface area contributed by atoms with Crippen molar-refractivity contribution in [3.63, 3.8) is 0 Å². The maximum Gasteiger partial charge on any atom is 0.416 e. The van der Waals surface area contributed by atoms with Crippen LogP contribution in [0.25, 0.3) is 0 Å². The highest BCUT2D eigenvalue weighted by molar-refractivity contribution is 5.83. The monoisotopic (exact) mass is 317 g/mol. The average Bonchev–Trinajstić information content (AvgIpc) is 3.26. The van der Waals surface area contributed by atoms with Crippen molar-refractivity contribution in [2.24, 2.45) is 0 Å². The minimum Gasteiger partial charge on any atom is -0.484 e. The van der Waals surface area contributed by atoms with Crippen molar-refractivity contribution in [1.29, 1.82) is 0 Å². The van der Waals surface area contributed by atoms with Gasteiger partial charge in [-0.2, -0.15) is 13.2 Å². The van der Waals surface area contributed by atoms with Gasteiger partial charge in [0.2, 0.25) is 0 Å². The number of nitrogens with zero attached hydrogens (tertiary/aromatic N) is 1. The number of ether oxygens (including phenoxy) is 1. The van der Waals surface area contributed by atoms with Gasteiger partial charge in [-0.3, -0.25) is 9.59 Å². The zero-order chi connectivity index (χ0) is 16.3. The summed E-state index contributed by atoms with van der Waals surface area (Å²) < 4.78 is 42.3. The van der Waals surface area contributed by atoms with Crippen molar-refractivity contribution < 1.29 is 32.6 Å². The molecule has 2 rings (SSSR count). The summed E-state index contributed by atoms with van der Waals surface area (Å²) >= 11 is 0. The molecule has 1 amide bonds. The second kappa shape index (κ2) is 6.25. The maximum absolute atomic E-state index is 12.4. The molecule has 120 valence electrons. The number of hydrogen-bond donors (Lipinski definition) is 1. The second-order valence-corrected chi connectivity index (χ2v) is 4.96. The molecule has 0 unspecified atom stereocenters. The normalized spacial score (nSPS) is 14.5. The molecule has 0 aromatic heterocycles. The Labute approximate surface area is 124 Å². The fourth-order valence-electron chi connectivity index (χ4n) is 1.92. The van der Waals surface area contributed by atoms with E-state index in [0.29, 0.717) is 0 Å². The van der Waals surface area contributed by atoms with E-state index in [0.717, 1.165) is 37.1 Å². The summed E-state index contributed by atoms with van der Waals surface area (Å²) in [5.41, 5.74) is -0.809. The third kappa shape index (κ3) is 4.37. The van der Waals surface area contributed by atoms with Gasteiger partial charge in [0.1, 0.15) is 12.3 Å². The molecule has 1 aliphatic rings. The highest BCUT2D eigenvalue weighted by Gasteiger charge is 2.34. The molecule has 0 bridgehead atoms. The van der Waals surface area contributed by atoms with Crippen molar-refractivity contribution >= 4 is 11.9 Å². The van der Waals surface area contributed by atoms with Gasteiger partial charge in [0, 0.05) is 6.04 Å². The quantitative estimate of drug-likeness (QED) is 0.873. The number of rotatable bonds is 6. The van der Waals surface area contributed by atoms with Crippen LogP contribution in [-0.2, 0) is 15.8 Å². The summed E-state index contributed by atoms with van der Waals surface area (Å²) in [6.45, 7) is -0.810. The zero-order valence-corrected chi connectivity index (χ0v) is 11.5. The van der Waals surface area contributed by atoms with Crippen LogP contribution in [0, 0.1) is 0 Å². The SMILES string of the molecule is O=C(O)CN(C(=O)COc1ccc(C(F)(F)F)cc1)C1CC1. The van der Waals surface area contributed by atoms with Gasteiger partial charge < -0.3 is 14.7 Å². The van der Waals surface area contributed by atoms with Crippen LogP contribution in [0.15, 0.2) is 24.3 Å². The van der Waals surface area contributed by atoms with Crippen LogP contribution in [0.3, 0.4) is 0 Å². The number of hydrogen-bond acceptors (Lipinski definition) is 3. The fraction of sp³-hybridized carbons (Fsp3) is 0.429. The summed E-state index contributed by atoms with van der Waals surface area (Å²) in [6.07, 6.45) is -2.93. The largest absolute Gasteiger partial charge is 0.484 e. The number of amides is 1. The highest BCUT2D eigenvalue weighted by atomic mass is 19.4. The van der Waals surface area contributed by atoms with Gasteiger partial charge in [-0.05, 0) is 37.1 Å². The van der Waals surface area contributed by atoms with E-state index < -0.39 is 36.8 Å². The van der Waals surface area contributed by atoms with Crippen molar-refractivity contribution in [1.82, 2.24) is 4.90 Å². The van der Waals surface area contributed by atoms with Crippen LogP contribution >= 0.6 is 0 Å². The maximum atomic E-state index is 12.4. The number of carbonyl (C=O) groups excluding carboxylic acids is 1. The first-order chi connectivity index (χ1) is 10.3. The highest BCUT2D eigenvalue weighted by Crippen LogP contribution is 2.30. The lowest BCUT2D eigenvalue weighted by molar-refractivity contribution is -0.145. The molecule has 22 heavy (non-hydrogen) atoms.